The normalized spacial score (nSPS) is 13.9. The molecule has 0 aliphatic rings. The maximum absolute atomic E-state index is 13.4. The summed E-state index contributed by atoms with van der Waals surface area (Å²) in [5, 5.41) is 11.7. The maximum Gasteiger partial charge on any atom is 0.328 e. The van der Waals surface area contributed by atoms with E-state index in [0.29, 0.717) is 19.3 Å². The molecule has 0 unspecified atom stereocenters. The number of azide groups is 1. The van der Waals surface area contributed by atoms with Gasteiger partial charge < -0.3 is 26.4 Å². The molecule has 1 rings (SSSR count). The third-order valence-electron chi connectivity index (χ3n) is 6.14. The summed E-state index contributed by atoms with van der Waals surface area (Å²) >= 11 is 0. The second kappa shape index (κ2) is 17.8. The molecule has 1 aromatic rings. The quantitative estimate of drug-likeness (QED) is 0.0764. The fourth-order valence-corrected chi connectivity index (χ4v) is 3.85. The van der Waals surface area contributed by atoms with Crippen molar-refractivity contribution in [2.75, 3.05) is 13.7 Å². The van der Waals surface area contributed by atoms with Gasteiger partial charge in [-0.25, -0.2) is 4.79 Å². The lowest BCUT2D eigenvalue weighted by Gasteiger charge is -2.27. The Hall–Kier alpha value is -3.63. The van der Waals surface area contributed by atoms with Gasteiger partial charge in [0, 0.05) is 17.9 Å². The van der Waals surface area contributed by atoms with E-state index >= 15 is 0 Å². The Morgan fingerprint density at radius 1 is 0.923 bits per heavy atom. The molecule has 12 nitrogen and oxygen atoms in total. The van der Waals surface area contributed by atoms with E-state index in [2.05, 4.69) is 26.0 Å². The number of nitrogens with two attached hydrogens (primary N) is 1. The maximum atomic E-state index is 13.4. The molecule has 0 bridgehead atoms. The Bertz CT molecular complexity index is 980. The standard InChI is InChI=1S/C27H43N7O5/c1-17(2)15-21(32-26(37)23(28)18(3)4)25(36)31-20(13-9-10-14-30-34-29)24(35)33-22(27(38)39-5)16-19-11-7-6-8-12-19/h6-8,11-12,17-18,20-23H,9-10,13-16,28H2,1-5H3,(H,31,36)(H,32,37)(H,33,35)/t20-,21-,22-,23-/m0/s1. The topological polar surface area (TPSA) is 188 Å². The Morgan fingerprint density at radius 2 is 1.51 bits per heavy atom. The summed E-state index contributed by atoms with van der Waals surface area (Å²) in [5.41, 5.74) is 15.3. The minimum Gasteiger partial charge on any atom is -0.467 e. The van der Waals surface area contributed by atoms with E-state index in [4.69, 9.17) is 16.0 Å². The van der Waals surface area contributed by atoms with Crippen molar-refractivity contribution < 1.29 is 23.9 Å². The number of benzene rings is 1. The number of methoxy groups -OCH3 is 1. The molecule has 0 saturated heterocycles. The number of carbonyl (C=O) groups excluding carboxylic acids is 4. The highest BCUT2D eigenvalue weighted by molar-refractivity contribution is 5.94. The van der Waals surface area contributed by atoms with Crippen LogP contribution in [0.3, 0.4) is 0 Å². The van der Waals surface area contributed by atoms with Gasteiger partial charge in [0.1, 0.15) is 18.1 Å². The molecule has 12 heteroatoms. The number of amides is 3. The van der Waals surface area contributed by atoms with Crippen molar-refractivity contribution in [3.05, 3.63) is 46.3 Å². The largest absolute Gasteiger partial charge is 0.467 e. The number of hydrogen-bond donors (Lipinski definition) is 4. The van der Waals surface area contributed by atoms with Crippen LogP contribution in [0.2, 0.25) is 0 Å². The molecule has 0 spiro atoms. The van der Waals surface area contributed by atoms with E-state index in [9.17, 15) is 19.2 Å². The van der Waals surface area contributed by atoms with Crippen molar-refractivity contribution in [2.45, 2.75) is 84.0 Å². The number of ether oxygens (including phenoxy) is 1. The van der Waals surface area contributed by atoms with Crippen LogP contribution >= 0.6 is 0 Å². The van der Waals surface area contributed by atoms with Crippen LogP contribution in [0.15, 0.2) is 35.4 Å². The minimum atomic E-state index is -1.00. The molecule has 0 saturated carbocycles. The summed E-state index contributed by atoms with van der Waals surface area (Å²) in [5.74, 6) is -2.21. The molecule has 4 atom stereocenters. The van der Waals surface area contributed by atoms with Crippen molar-refractivity contribution in [3.63, 3.8) is 0 Å². The summed E-state index contributed by atoms with van der Waals surface area (Å²) in [7, 11) is 1.24. The van der Waals surface area contributed by atoms with Crippen LogP contribution in [0.1, 0.15) is 58.9 Å². The first-order valence-corrected chi connectivity index (χ1v) is 13.3. The molecule has 0 heterocycles. The van der Waals surface area contributed by atoms with Crippen LogP contribution in [-0.2, 0) is 30.3 Å². The SMILES string of the molecule is COC(=O)[C@H](Cc1ccccc1)NC(=O)[C@H](CCCCN=[N+]=[N-])NC(=O)[C@H](CC(C)C)NC(=O)[C@@H](N)C(C)C. The molecular weight excluding hydrogens is 502 g/mol. The predicted octanol–water partition coefficient (Wildman–Crippen LogP) is 2.37. The van der Waals surface area contributed by atoms with Crippen molar-refractivity contribution in [1.82, 2.24) is 16.0 Å². The van der Waals surface area contributed by atoms with E-state index in [0.717, 1.165) is 5.56 Å². The van der Waals surface area contributed by atoms with Gasteiger partial charge in [-0.3, -0.25) is 14.4 Å². The first-order chi connectivity index (χ1) is 18.5. The Kier molecular flexibility index (Phi) is 15.2. The van der Waals surface area contributed by atoms with E-state index in [-0.39, 0.29) is 31.2 Å². The lowest BCUT2D eigenvalue weighted by molar-refractivity contribution is -0.145. The first-order valence-electron chi connectivity index (χ1n) is 13.3. The molecule has 0 aromatic heterocycles. The van der Waals surface area contributed by atoms with Crippen molar-refractivity contribution in [2.24, 2.45) is 22.7 Å². The third-order valence-corrected chi connectivity index (χ3v) is 6.14. The summed E-state index contributed by atoms with van der Waals surface area (Å²) in [6.45, 7) is 7.70. The zero-order valence-electron chi connectivity index (χ0n) is 23.6. The van der Waals surface area contributed by atoms with Gasteiger partial charge in [0.15, 0.2) is 0 Å². The smallest absolute Gasteiger partial charge is 0.328 e. The molecule has 0 radical (unpaired) electrons. The number of carbonyl (C=O) groups is 4. The monoisotopic (exact) mass is 545 g/mol. The molecule has 3 amide bonds. The van der Waals surface area contributed by atoms with Gasteiger partial charge >= 0.3 is 5.97 Å². The van der Waals surface area contributed by atoms with Gasteiger partial charge in [-0.15, -0.1) is 0 Å². The number of unbranched alkanes of at least 4 members (excludes halogenated alkanes) is 1. The Morgan fingerprint density at radius 3 is 2.08 bits per heavy atom. The van der Waals surface area contributed by atoms with E-state index in [1.165, 1.54) is 7.11 Å². The van der Waals surface area contributed by atoms with E-state index in [1.54, 1.807) is 0 Å². The molecule has 1 aromatic carbocycles. The number of nitrogens with one attached hydrogen (secondary N) is 3. The summed E-state index contributed by atoms with van der Waals surface area (Å²) in [6, 6.07) is 5.50. The summed E-state index contributed by atoms with van der Waals surface area (Å²) in [6.07, 6.45) is 1.75. The lowest BCUT2D eigenvalue weighted by atomic mass is 9.99. The number of rotatable bonds is 17. The molecule has 0 aliphatic carbocycles. The van der Waals surface area contributed by atoms with Crippen LogP contribution in [0.25, 0.3) is 10.4 Å². The highest BCUT2D eigenvalue weighted by Gasteiger charge is 2.31. The zero-order chi connectivity index (χ0) is 29.4. The lowest BCUT2D eigenvalue weighted by Crippen LogP contribution is -2.58. The summed E-state index contributed by atoms with van der Waals surface area (Å²) in [4.78, 5) is 54.5. The van der Waals surface area contributed by atoms with Crippen LogP contribution in [-0.4, -0.2) is 61.5 Å². The highest BCUT2D eigenvalue weighted by Crippen LogP contribution is 2.10. The van der Waals surface area contributed by atoms with E-state index in [1.807, 2.05) is 58.0 Å². The first kappa shape index (κ1) is 33.4. The van der Waals surface area contributed by atoms with Crippen LogP contribution in [0.5, 0.6) is 0 Å². The molecule has 39 heavy (non-hydrogen) atoms. The number of hydrogen-bond acceptors (Lipinski definition) is 7. The molecular formula is C27H43N7O5. The average molecular weight is 546 g/mol. The second-order valence-corrected chi connectivity index (χ2v) is 10.2. The summed E-state index contributed by atoms with van der Waals surface area (Å²) < 4.78 is 4.89. The minimum absolute atomic E-state index is 0.0713. The van der Waals surface area contributed by atoms with Gasteiger partial charge in [0.05, 0.1) is 13.2 Å². The van der Waals surface area contributed by atoms with Crippen molar-refractivity contribution in [3.8, 4) is 0 Å². The van der Waals surface area contributed by atoms with Gasteiger partial charge in [-0.05, 0) is 42.2 Å². The molecule has 216 valence electrons. The average Bonchev–Trinajstić information content (AvgIpc) is 2.90. The Balaban J connectivity index is 3.10. The van der Waals surface area contributed by atoms with Crippen molar-refractivity contribution >= 4 is 23.7 Å². The van der Waals surface area contributed by atoms with E-state index < -0.39 is 47.9 Å². The van der Waals surface area contributed by atoms with Crippen molar-refractivity contribution in [1.29, 1.82) is 0 Å². The highest BCUT2D eigenvalue weighted by atomic mass is 16.5. The molecule has 0 fully saturated rings. The molecule has 5 N–H and O–H groups in total. The van der Waals surface area contributed by atoms with Crippen LogP contribution in [0, 0.1) is 11.8 Å². The van der Waals surface area contributed by atoms with Crippen LogP contribution < -0.4 is 21.7 Å². The number of esters is 1. The predicted molar refractivity (Wildman–Crippen MR) is 148 cm³/mol. The Labute approximate surface area is 230 Å². The zero-order valence-corrected chi connectivity index (χ0v) is 23.6. The third kappa shape index (κ3) is 12.6. The van der Waals surface area contributed by atoms with Gasteiger partial charge in [-0.1, -0.05) is 69.6 Å². The van der Waals surface area contributed by atoms with Gasteiger partial charge in [-0.2, -0.15) is 0 Å². The number of nitrogens with zero attached hydrogens (tertiary/aromatic N) is 3. The fourth-order valence-electron chi connectivity index (χ4n) is 3.85. The van der Waals surface area contributed by atoms with Crippen LogP contribution in [0.4, 0.5) is 0 Å². The molecule has 0 aliphatic heterocycles. The van der Waals surface area contributed by atoms with Gasteiger partial charge in [0.25, 0.3) is 0 Å². The fraction of sp³-hybridized carbons (Fsp3) is 0.630. The van der Waals surface area contributed by atoms with Gasteiger partial charge in [0.2, 0.25) is 17.7 Å². The second-order valence-electron chi connectivity index (χ2n) is 10.2.